The molecule has 0 heterocycles. The summed E-state index contributed by atoms with van der Waals surface area (Å²) >= 11 is 0. The van der Waals surface area contributed by atoms with Crippen molar-refractivity contribution < 1.29 is 19.1 Å². The zero-order valence-corrected chi connectivity index (χ0v) is 20.0. The molecule has 0 N–H and O–H groups in total. The summed E-state index contributed by atoms with van der Waals surface area (Å²) < 4.78 is 10.5. The van der Waals surface area contributed by atoms with Gasteiger partial charge in [0.15, 0.2) is 0 Å². The smallest absolute Gasteiger partial charge is 0.321 e. The number of Topliss-reactive ketones (excluding diaryl/α,β-unsaturated/α-hetero) is 1. The standard InChI is InChI=1S/C16H22O4.C11H18/c1-5-20-15(18)16(4,13(3)17)11-19-10-14-8-6-12(2)7-9-14;1-11-5-8-2-9(6-11)4-10(3-8)7-11/h6-9H,5,10-11H2,1-4H3;8-10H,2-7H2,1H3. The third kappa shape index (κ3) is 5.97. The minimum Gasteiger partial charge on any atom is -0.465 e. The lowest BCUT2D eigenvalue weighted by atomic mass is 9.50. The first-order valence-corrected chi connectivity index (χ1v) is 11.9. The number of ether oxygens (including phenoxy) is 2. The van der Waals surface area contributed by atoms with Crippen LogP contribution in [0.1, 0.15) is 77.3 Å². The van der Waals surface area contributed by atoms with E-state index in [0.717, 1.165) is 28.7 Å². The number of carbonyl (C=O) groups excluding carboxylic acids is 2. The molecule has 1 unspecified atom stereocenters. The van der Waals surface area contributed by atoms with Gasteiger partial charge in [0.2, 0.25) is 0 Å². The van der Waals surface area contributed by atoms with Crippen LogP contribution in [-0.2, 0) is 25.7 Å². The van der Waals surface area contributed by atoms with Gasteiger partial charge in [-0.3, -0.25) is 9.59 Å². The maximum Gasteiger partial charge on any atom is 0.321 e. The molecular weight excluding hydrogens is 388 g/mol. The third-order valence-electron chi connectivity index (χ3n) is 7.63. The van der Waals surface area contributed by atoms with E-state index in [1.54, 1.807) is 52.4 Å². The summed E-state index contributed by atoms with van der Waals surface area (Å²) in [6.45, 7) is 9.84. The highest BCUT2D eigenvalue weighted by Crippen LogP contribution is 2.59. The van der Waals surface area contributed by atoms with Crippen LogP contribution in [0.25, 0.3) is 0 Å². The molecule has 4 saturated carbocycles. The maximum absolute atomic E-state index is 11.9. The number of hydrogen-bond donors (Lipinski definition) is 0. The molecule has 4 nitrogen and oxygen atoms in total. The Morgan fingerprint density at radius 1 is 1.03 bits per heavy atom. The van der Waals surface area contributed by atoms with Crippen molar-refractivity contribution >= 4 is 11.8 Å². The van der Waals surface area contributed by atoms with Crippen molar-refractivity contribution in [2.45, 2.75) is 79.8 Å². The van der Waals surface area contributed by atoms with Gasteiger partial charge in [-0.15, -0.1) is 0 Å². The van der Waals surface area contributed by atoms with E-state index in [0.29, 0.717) is 6.61 Å². The van der Waals surface area contributed by atoms with Gasteiger partial charge in [-0.25, -0.2) is 0 Å². The first-order chi connectivity index (χ1) is 14.6. The fraction of sp³-hybridized carbons (Fsp3) is 0.704. The second-order valence-corrected chi connectivity index (χ2v) is 10.8. The van der Waals surface area contributed by atoms with Crippen LogP contribution in [0, 0.1) is 35.5 Å². The highest BCUT2D eigenvalue weighted by Gasteiger charge is 2.48. The van der Waals surface area contributed by atoms with Gasteiger partial charge in [-0.2, -0.15) is 0 Å². The van der Waals surface area contributed by atoms with E-state index in [1.807, 2.05) is 31.2 Å². The third-order valence-corrected chi connectivity index (χ3v) is 7.63. The quantitative estimate of drug-likeness (QED) is 0.401. The lowest BCUT2D eigenvalue weighted by Gasteiger charge is -2.55. The van der Waals surface area contributed by atoms with E-state index in [4.69, 9.17) is 9.47 Å². The van der Waals surface area contributed by atoms with Gasteiger partial charge in [0, 0.05) is 0 Å². The molecule has 31 heavy (non-hydrogen) atoms. The van der Waals surface area contributed by atoms with Gasteiger partial charge in [0.25, 0.3) is 0 Å². The number of benzene rings is 1. The van der Waals surface area contributed by atoms with Crippen molar-refractivity contribution in [1.82, 2.24) is 0 Å². The number of ketones is 1. The molecule has 4 aliphatic rings. The molecule has 5 rings (SSSR count). The maximum atomic E-state index is 11.9. The van der Waals surface area contributed by atoms with Gasteiger partial charge in [0.1, 0.15) is 11.2 Å². The van der Waals surface area contributed by atoms with Crippen LogP contribution < -0.4 is 0 Å². The SMILES string of the molecule is CC12CC3CC(CC(C3)C1)C2.CCOC(=O)C(C)(COCc1ccc(C)cc1)C(C)=O. The predicted molar refractivity (Wildman–Crippen MR) is 123 cm³/mol. The topological polar surface area (TPSA) is 52.6 Å². The molecule has 0 spiro atoms. The molecule has 4 bridgehead atoms. The molecule has 4 fully saturated rings. The zero-order chi connectivity index (χ0) is 22.6. The number of aryl methyl sites for hydroxylation is 1. The van der Waals surface area contributed by atoms with Crippen LogP contribution in [0.2, 0.25) is 0 Å². The number of rotatable bonds is 7. The van der Waals surface area contributed by atoms with Crippen LogP contribution >= 0.6 is 0 Å². The minimum atomic E-state index is -1.24. The molecule has 4 aliphatic carbocycles. The average molecular weight is 429 g/mol. The molecule has 1 aromatic rings. The van der Waals surface area contributed by atoms with Crippen LogP contribution in [0.5, 0.6) is 0 Å². The van der Waals surface area contributed by atoms with Gasteiger partial charge >= 0.3 is 5.97 Å². The van der Waals surface area contributed by atoms with Gasteiger partial charge in [0.05, 0.1) is 19.8 Å². The van der Waals surface area contributed by atoms with Crippen LogP contribution in [0.3, 0.4) is 0 Å². The second-order valence-electron chi connectivity index (χ2n) is 10.8. The Balaban J connectivity index is 0.000000204. The lowest BCUT2D eigenvalue weighted by Crippen LogP contribution is -2.44. The summed E-state index contributed by atoms with van der Waals surface area (Å²) in [4.78, 5) is 23.6. The highest BCUT2D eigenvalue weighted by atomic mass is 16.5. The summed E-state index contributed by atoms with van der Waals surface area (Å²) in [5.74, 6) is 2.65. The van der Waals surface area contributed by atoms with Crippen molar-refractivity contribution in [3.8, 4) is 0 Å². The zero-order valence-electron chi connectivity index (χ0n) is 20.0. The minimum absolute atomic E-state index is 0.0229. The van der Waals surface area contributed by atoms with Crippen molar-refractivity contribution in [3.63, 3.8) is 0 Å². The van der Waals surface area contributed by atoms with E-state index in [9.17, 15) is 9.59 Å². The molecule has 0 aliphatic heterocycles. The second kappa shape index (κ2) is 9.85. The first kappa shape index (κ1) is 24.0. The monoisotopic (exact) mass is 428 g/mol. The molecular formula is C27H40O4. The van der Waals surface area contributed by atoms with Crippen molar-refractivity contribution in [2.75, 3.05) is 13.2 Å². The molecule has 0 saturated heterocycles. The van der Waals surface area contributed by atoms with Crippen LogP contribution in [-0.4, -0.2) is 25.0 Å². The number of hydrogen-bond acceptors (Lipinski definition) is 4. The highest BCUT2D eigenvalue weighted by molar-refractivity contribution is 6.02. The first-order valence-electron chi connectivity index (χ1n) is 11.9. The van der Waals surface area contributed by atoms with Crippen LogP contribution in [0.15, 0.2) is 24.3 Å². The molecule has 4 heteroatoms. The van der Waals surface area contributed by atoms with Crippen LogP contribution in [0.4, 0.5) is 0 Å². The molecule has 172 valence electrons. The van der Waals surface area contributed by atoms with E-state index < -0.39 is 11.4 Å². The van der Waals surface area contributed by atoms with Gasteiger partial charge in [-0.1, -0.05) is 36.8 Å². The summed E-state index contributed by atoms with van der Waals surface area (Å²) in [6, 6.07) is 7.91. The lowest BCUT2D eigenvalue weighted by molar-refractivity contribution is -0.162. The molecule has 0 aromatic heterocycles. The summed E-state index contributed by atoms with van der Waals surface area (Å²) in [5, 5.41) is 0. The van der Waals surface area contributed by atoms with E-state index >= 15 is 0 Å². The number of carbonyl (C=O) groups is 2. The fourth-order valence-electron chi connectivity index (χ4n) is 6.20. The van der Waals surface area contributed by atoms with Crippen molar-refractivity contribution in [2.24, 2.45) is 28.6 Å². The van der Waals surface area contributed by atoms with Gasteiger partial charge in [-0.05, 0) is 95.0 Å². The normalized spacial score (nSPS) is 30.2. The Morgan fingerprint density at radius 2 is 1.55 bits per heavy atom. The Bertz CT molecular complexity index is 731. The molecule has 0 radical (unpaired) electrons. The fourth-order valence-corrected chi connectivity index (χ4v) is 6.20. The van der Waals surface area contributed by atoms with E-state index in [1.165, 1.54) is 12.5 Å². The average Bonchev–Trinajstić information content (AvgIpc) is 2.68. The largest absolute Gasteiger partial charge is 0.465 e. The van der Waals surface area contributed by atoms with E-state index in [-0.39, 0.29) is 19.0 Å². The predicted octanol–water partition coefficient (Wildman–Crippen LogP) is 5.89. The Labute approximate surface area is 188 Å². The number of esters is 1. The van der Waals surface area contributed by atoms with Crippen molar-refractivity contribution in [3.05, 3.63) is 35.4 Å². The van der Waals surface area contributed by atoms with Gasteiger partial charge < -0.3 is 9.47 Å². The van der Waals surface area contributed by atoms with Crippen molar-refractivity contribution in [1.29, 1.82) is 0 Å². The Hall–Kier alpha value is -1.68. The summed E-state index contributed by atoms with van der Waals surface area (Å²) in [6.07, 6.45) is 9.48. The summed E-state index contributed by atoms with van der Waals surface area (Å²) in [7, 11) is 0. The molecule has 0 amide bonds. The molecule has 1 aromatic carbocycles. The summed E-state index contributed by atoms with van der Waals surface area (Å²) in [5.41, 5.74) is 1.74. The molecule has 1 atom stereocenters. The Morgan fingerprint density at radius 3 is 1.97 bits per heavy atom. The van der Waals surface area contributed by atoms with E-state index in [2.05, 4.69) is 6.92 Å². The Kier molecular flexibility index (Phi) is 7.62.